The second-order valence-electron chi connectivity index (χ2n) is 7.34. The molecular weight excluding hydrogens is 475 g/mol. The first-order chi connectivity index (χ1) is 16.9. The molecule has 0 saturated heterocycles. The van der Waals surface area contributed by atoms with Gasteiger partial charge in [-0.05, 0) is 24.6 Å². The van der Waals surface area contributed by atoms with Crippen molar-refractivity contribution in [3.63, 3.8) is 0 Å². The van der Waals surface area contributed by atoms with Crippen LogP contribution >= 0.6 is 11.8 Å². The van der Waals surface area contributed by atoms with Crippen LogP contribution in [0.2, 0.25) is 0 Å². The van der Waals surface area contributed by atoms with E-state index in [1.807, 2.05) is 30.3 Å². The molecule has 0 aliphatic heterocycles. The van der Waals surface area contributed by atoms with Crippen LogP contribution in [0.3, 0.4) is 0 Å². The number of rotatable bonds is 8. The van der Waals surface area contributed by atoms with Crippen molar-refractivity contribution in [3.05, 3.63) is 86.8 Å². The molecule has 0 atom stereocenters. The zero-order valence-corrected chi connectivity index (χ0v) is 19.4. The molecule has 35 heavy (non-hydrogen) atoms. The Morgan fingerprint density at radius 2 is 1.86 bits per heavy atom. The lowest BCUT2D eigenvalue weighted by Crippen LogP contribution is -2.41. The van der Waals surface area contributed by atoms with E-state index in [0.29, 0.717) is 0 Å². The highest BCUT2D eigenvalue weighted by Gasteiger charge is 2.24. The summed E-state index contributed by atoms with van der Waals surface area (Å²) >= 11 is 0.934. The second-order valence-corrected chi connectivity index (χ2v) is 8.27. The van der Waals surface area contributed by atoms with Crippen LogP contribution in [0.1, 0.15) is 12.5 Å². The van der Waals surface area contributed by atoms with E-state index in [-0.39, 0.29) is 47.0 Å². The maximum atomic E-state index is 13.9. The fourth-order valence-electron chi connectivity index (χ4n) is 3.43. The van der Waals surface area contributed by atoms with Crippen molar-refractivity contribution in [2.45, 2.75) is 18.7 Å². The monoisotopic (exact) mass is 496 g/mol. The molecule has 0 unspecified atom stereocenters. The smallest absolute Gasteiger partial charge is 0.330 e. The molecule has 0 radical (unpaired) electrons. The summed E-state index contributed by atoms with van der Waals surface area (Å²) in [7, 11) is 0. The summed E-state index contributed by atoms with van der Waals surface area (Å²) < 4.78 is 20.6. The van der Waals surface area contributed by atoms with Crippen LogP contribution in [0.15, 0.2) is 73.8 Å². The minimum Gasteiger partial charge on any atom is -0.411 e. The first kappa shape index (κ1) is 24.0. The minimum absolute atomic E-state index is 0.0147. The standard InChI is InChI=1S/C23H21FN6O4S/c1-2-29(17(31)13-35-23-28-27-21(34-23)15-10-6-7-11-16(15)24)18-19(25)30(22(33)26-20(18)32)12-14-8-4-3-5-9-14/h3-11H,2,12-13,25H2,1H3,(H,26,32,33). The summed E-state index contributed by atoms with van der Waals surface area (Å²) in [5.41, 5.74) is 5.58. The van der Waals surface area contributed by atoms with Crippen molar-refractivity contribution >= 4 is 29.2 Å². The van der Waals surface area contributed by atoms with Gasteiger partial charge in [-0.15, -0.1) is 10.2 Å². The number of nitrogens with zero attached hydrogens (tertiary/aromatic N) is 4. The Labute approximate surface area is 202 Å². The van der Waals surface area contributed by atoms with Crippen LogP contribution in [0.25, 0.3) is 11.5 Å². The van der Waals surface area contributed by atoms with Gasteiger partial charge in [-0.25, -0.2) is 9.18 Å². The molecule has 0 bridgehead atoms. The van der Waals surface area contributed by atoms with Gasteiger partial charge in [0.1, 0.15) is 11.6 Å². The second kappa shape index (κ2) is 10.4. The molecular formula is C23H21FN6O4S. The zero-order chi connectivity index (χ0) is 24.9. The van der Waals surface area contributed by atoms with E-state index >= 15 is 0 Å². The average Bonchev–Trinajstić information content (AvgIpc) is 3.32. The number of amides is 1. The van der Waals surface area contributed by atoms with E-state index in [1.165, 1.54) is 21.6 Å². The SMILES string of the molecule is CCN(C(=O)CSc1nnc(-c2ccccc2F)o1)c1c(N)n(Cc2ccccc2)c(=O)[nH]c1=O. The maximum absolute atomic E-state index is 13.9. The molecule has 2 aromatic heterocycles. The van der Waals surface area contributed by atoms with E-state index in [0.717, 1.165) is 17.3 Å². The fraction of sp³-hybridized carbons (Fsp3) is 0.174. The largest absolute Gasteiger partial charge is 0.411 e. The van der Waals surface area contributed by atoms with Crippen molar-refractivity contribution in [1.29, 1.82) is 0 Å². The van der Waals surface area contributed by atoms with Gasteiger partial charge in [0.05, 0.1) is 17.9 Å². The molecule has 0 aliphatic carbocycles. The average molecular weight is 497 g/mol. The van der Waals surface area contributed by atoms with Gasteiger partial charge < -0.3 is 15.1 Å². The third-order valence-electron chi connectivity index (χ3n) is 5.11. The zero-order valence-electron chi connectivity index (χ0n) is 18.6. The van der Waals surface area contributed by atoms with Crippen LogP contribution < -0.4 is 21.9 Å². The lowest BCUT2D eigenvalue weighted by atomic mass is 10.2. The molecule has 10 nitrogen and oxygen atoms in total. The van der Waals surface area contributed by atoms with Crippen molar-refractivity contribution < 1.29 is 13.6 Å². The van der Waals surface area contributed by atoms with Crippen LogP contribution in [0.5, 0.6) is 0 Å². The number of halogens is 1. The van der Waals surface area contributed by atoms with Gasteiger partial charge in [0, 0.05) is 6.54 Å². The number of thioether (sulfide) groups is 1. The normalized spacial score (nSPS) is 10.9. The number of H-pyrrole nitrogens is 1. The summed E-state index contributed by atoms with van der Waals surface area (Å²) in [6, 6.07) is 15.1. The molecule has 0 spiro atoms. The van der Waals surface area contributed by atoms with Gasteiger partial charge in [-0.1, -0.05) is 54.2 Å². The molecule has 0 saturated carbocycles. The van der Waals surface area contributed by atoms with Crippen LogP contribution in [-0.4, -0.2) is 38.0 Å². The first-order valence-corrected chi connectivity index (χ1v) is 11.6. The Morgan fingerprint density at radius 1 is 1.14 bits per heavy atom. The van der Waals surface area contributed by atoms with Crippen LogP contribution in [-0.2, 0) is 11.3 Å². The third-order valence-corrected chi connectivity index (χ3v) is 5.92. The van der Waals surface area contributed by atoms with Gasteiger partial charge in [0.25, 0.3) is 16.7 Å². The maximum Gasteiger partial charge on any atom is 0.330 e. The number of anilines is 2. The van der Waals surface area contributed by atoms with E-state index < -0.39 is 23.0 Å². The van der Waals surface area contributed by atoms with Gasteiger partial charge in [0.15, 0.2) is 5.69 Å². The van der Waals surface area contributed by atoms with Crippen molar-refractivity contribution in [2.24, 2.45) is 0 Å². The lowest BCUT2D eigenvalue weighted by Gasteiger charge is -2.22. The molecule has 12 heteroatoms. The number of hydrogen-bond acceptors (Lipinski definition) is 8. The Morgan fingerprint density at radius 3 is 2.57 bits per heavy atom. The molecule has 180 valence electrons. The number of benzene rings is 2. The van der Waals surface area contributed by atoms with Crippen molar-refractivity contribution in [1.82, 2.24) is 19.7 Å². The highest BCUT2D eigenvalue weighted by Crippen LogP contribution is 2.26. The minimum atomic E-state index is -0.767. The van der Waals surface area contributed by atoms with Gasteiger partial charge in [-0.3, -0.25) is 19.1 Å². The Hall–Kier alpha value is -4.19. The molecule has 3 N–H and O–H groups in total. The summed E-state index contributed by atoms with van der Waals surface area (Å²) in [5, 5.41) is 7.72. The summed E-state index contributed by atoms with van der Waals surface area (Å²) in [6.07, 6.45) is 0. The number of carbonyl (C=O) groups is 1. The number of nitrogens with two attached hydrogens (primary N) is 1. The molecule has 0 aliphatic rings. The topological polar surface area (TPSA) is 140 Å². The lowest BCUT2D eigenvalue weighted by molar-refractivity contribution is -0.116. The number of hydrogen-bond donors (Lipinski definition) is 2. The fourth-order valence-corrected chi connectivity index (χ4v) is 4.07. The van der Waals surface area contributed by atoms with Crippen molar-refractivity contribution in [2.75, 3.05) is 22.9 Å². The number of carbonyl (C=O) groups excluding carboxylic acids is 1. The van der Waals surface area contributed by atoms with E-state index in [4.69, 9.17) is 10.2 Å². The van der Waals surface area contributed by atoms with Crippen LogP contribution in [0.4, 0.5) is 15.9 Å². The highest BCUT2D eigenvalue weighted by atomic mass is 32.2. The van der Waals surface area contributed by atoms with E-state index in [9.17, 15) is 18.8 Å². The Balaban J connectivity index is 1.54. The first-order valence-electron chi connectivity index (χ1n) is 10.6. The van der Waals surface area contributed by atoms with E-state index in [2.05, 4.69) is 15.2 Å². The predicted molar refractivity (Wildman–Crippen MR) is 130 cm³/mol. The van der Waals surface area contributed by atoms with E-state index in [1.54, 1.807) is 19.1 Å². The molecule has 2 heterocycles. The number of nitrogens with one attached hydrogen (secondary N) is 1. The molecule has 1 amide bonds. The molecule has 2 aromatic carbocycles. The Kier molecular flexibility index (Phi) is 7.11. The summed E-state index contributed by atoms with van der Waals surface area (Å²) in [4.78, 5) is 41.5. The van der Waals surface area contributed by atoms with Crippen molar-refractivity contribution in [3.8, 4) is 11.5 Å². The summed E-state index contributed by atoms with van der Waals surface area (Å²) in [6.45, 7) is 1.92. The molecule has 4 rings (SSSR count). The predicted octanol–water partition coefficient (Wildman–Crippen LogP) is 2.50. The third kappa shape index (κ3) is 5.17. The van der Waals surface area contributed by atoms with Crippen LogP contribution in [0, 0.1) is 5.82 Å². The molecule has 0 fully saturated rings. The molecule has 4 aromatic rings. The van der Waals surface area contributed by atoms with Gasteiger partial charge in [-0.2, -0.15) is 0 Å². The van der Waals surface area contributed by atoms with Gasteiger partial charge in [0.2, 0.25) is 5.91 Å². The van der Waals surface area contributed by atoms with Gasteiger partial charge >= 0.3 is 5.69 Å². The quantitative estimate of drug-likeness (QED) is 0.355. The number of nitrogen functional groups attached to an aromatic ring is 1. The Bertz CT molecular complexity index is 1470. The highest BCUT2D eigenvalue weighted by molar-refractivity contribution is 7.99. The number of aromatic amines is 1. The number of aromatic nitrogens is 4. The summed E-state index contributed by atoms with van der Waals surface area (Å²) in [5.74, 6) is -1.28.